The van der Waals surface area contributed by atoms with Gasteiger partial charge < -0.3 is 24.8 Å². The molecule has 1 saturated heterocycles. The van der Waals surface area contributed by atoms with Crippen LogP contribution in [0.1, 0.15) is 36.0 Å². The van der Waals surface area contributed by atoms with E-state index in [2.05, 4.69) is 10.6 Å². The van der Waals surface area contributed by atoms with Gasteiger partial charge in [-0.1, -0.05) is 0 Å². The van der Waals surface area contributed by atoms with E-state index in [9.17, 15) is 18.0 Å². The number of nitrogens with one attached hydrogen (secondary N) is 2. The van der Waals surface area contributed by atoms with Gasteiger partial charge in [0, 0.05) is 24.7 Å². The van der Waals surface area contributed by atoms with Crippen molar-refractivity contribution in [1.82, 2.24) is 14.9 Å². The van der Waals surface area contributed by atoms with Gasteiger partial charge in [-0.3, -0.25) is 9.59 Å². The van der Waals surface area contributed by atoms with Gasteiger partial charge in [-0.15, -0.1) is 0 Å². The fourth-order valence-corrected chi connectivity index (χ4v) is 5.99. The summed E-state index contributed by atoms with van der Waals surface area (Å²) in [6, 6.07) is 10.5. The number of carbonyl (C=O) groups excluding carboxylic acids is 2. The fourth-order valence-electron chi connectivity index (χ4n) is 4.52. The first-order chi connectivity index (χ1) is 17.3. The number of amides is 2. The van der Waals surface area contributed by atoms with E-state index >= 15 is 0 Å². The van der Waals surface area contributed by atoms with Gasteiger partial charge in [-0.25, -0.2) is 8.42 Å². The molecule has 36 heavy (non-hydrogen) atoms. The van der Waals surface area contributed by atoms with Crippen LogP contribution in [-0.2, 0) is 14.8 Å². The van der Waals surface area contributed by atoms with E-state index in [1.54, 1.807) is 30.3 Å². The average molecular weight is 516 g/mol. The molecule has 10 nitrogen and oxygen atoms in total. The van der Waals surface area contributed by atoms with Crippen molar-refractivity contribution in [3.05, 3.63) is 48.0 Å². The predicted molar refractivity (Wildman–Crippen MR) is 129 cm³/mol. The minimum atomic E-state index is -3.67. The maximum atomic E-state index is 13.1. The van der Waals surface area contributed by atoms with Crippen molar-refractivity contribution in [2.45, 2.75) is 42.7 Å². The summed E-state index contributed by atoms with van der Waals surface area (Å²) in [7, 11) is -2.15. The number of nitrogens with zero attached hydrogens (tertiary/aromatic N) is 1. The van der Waals surface area contributed by atoms with Gasteiger partial charge in [-0.2, -0.15) is 4.31 Å². The summed E-state index contributed by atoms with van der Waals surface area (Å²) in [6.07, 6.45) is 2.74. The molecule has 1 aliphatic carbocycles. The number of hydrogen-bond acceptors (Lipinski definition) is 7. The summed E-state index contributed by atoms with van der Waals surface area (Å²) < 4.78 is 43.4. The number of benzene rings is 2. The molecule has 0 bridgehead atoms. The third-order valence-corrected chi connectivity index (χ3v) is 8.71. The van der Waals surface area contributed by atoms with Gasteiger partial charge in [0.1, 0.15) is 11.8 Å². The molecular weight excluding hydrogens is 486 g/mol. The molecule has 2 heterocycles. The zero-order valence-corrected chi connectivity index (χ0v) is 20.8. The minimum absolute atomic E-state index is 0.102. The van der Waals surface area contributed by atoms with Crippen LogP contribution in [0.25, 0.3) is 0 Å². The molecule has 192 valence electrons. The monoisotopic (exact) mass is 515 g/mol. The molecule has 3 aliphatic rings. The topological polar surface area (TPSA) is 123 Å². The Morgan fingerprint density at radius 1 is 1.00 bits per heavy atom. The van der Waals surface area contributed by atoms with Crippen molar-refractivity contribution < 1.29 is 32.2 Å². The molecular formula is C25H29N3O7S. The Balaban J connectivity index is 1.27. The van der Waals surface area contributed by atoms with E-state index in [1.807, 2.05) is 0 Å². The second kappa shape index (κ2) is 9.98. The molecule has 0 radical (unpaired) electrons. The van der Waals surface area contributed by atoms with Crippen molar-refractivity contribution in [3.63, 3.8) is 0 Å². The maximum absolute atomic E-state index is 13.1. The van der Waals surface area contributed by atoms with E-state index in [0.717, 1.165) is 12.8 Å². The van der Waals surface area contributed by atoms with Crippen LogP contribution in [0.2, 0.25) is 0 Å². The van der Waals surface area contributed by atoms with Crippen molar-refractivity contribution in [2.75, 3.05) is 27.0 Å². The van der Waals surface area contributed by atoms with E-state index in [4.69, 9.17) is 14.2 Å². The summed E-state index contributed by atoms with van der Waals surface area (Å²) >= 11 is 0. The van der Waals surface area contributed by atoms with Gasteiger partial charge in [0.25, 0.3) is 5.91 Å². The maximum Gasteiger partial charge on any atom is 0.252 e. The van der Waals surface area contributed by atoms with Crippen LogP contribution >= 0.6 is 0 Å². The molecule has 1 saturated carbocycles. The SMILES string of the molecule is COc1ccc(S(=O)(=O)N2CCC([C@H](NC(=O)c3ccc4c(c3)OCO4)C(=O)NC3CC3)CC2)cc1. The lowest BCUT2D eigenvalue weighted by Crippen LogP contribution is -2.54. The number of piperidine rings is 1. The lowest BCUT2D eigenvalue weighted by Gasteiger charge is -2.35. The van der Waals surface area contributed by atoms with Gasteiger partial charge >= 0.3 is 0 Å². The molecule has 0 aromatic heterocycles. The number of methoxy groups -OCH3 is 1. The van der Waals surface area contributed by atoms with Crippen molar-refractivity contribution >= 4 is 21.8 Å². The summed E-state index contributed by atoms with van der Waals surface area (Å²) in [5, 5.41) is 5.88. The molecule has 2 N–H and O–H groups in total. The van der Waals surface area contributed by atoms with Gasteiger partial charge in [0.05, 0.1) is 12.0 Å². The number of rotatable bonds is 8. The van der Waals surface area contributed by atoms with E-state index in [1.165, 1.54) is 23.5 Å². The predicted octanol–water partition coefficient (Wildman–Crippen LogP) is 1.90. The molecule has 1 atom stereocenters. The Bertz CT molecular complexity index is 1240. The normalized spacial score (nSPS) is 18.9. The number of fused-ring (bicyclic) bond motifs is 1. The number of hydrogen-bond donors (Lipinski definition) is 2. The minimum Gasteiger partial charge on any atom is -0.497 e. The molecule has 2 fully saturated rings. The van der Waals surface area contributed by atoms with Gasteiger partial charge in [-0.05, 0) is 74.1 Å². The summed E-state index contributed by atoms with van der Waals surface area (Å²) in [4.78, 5) is 26.3. The van der Waals surface area contributed by atoms with Crippen LogP contribution in [0.4, 0.5) is 0 Å². The summed E-state index contributed by atoms with van der Waals surface area (Å²) in [5.74, 6) is 0.804. The first-order valence-electron chi connectivity index (χ1n) is 12.0. The van der Waals surface area contributed by atoms with E-state index in [-0.39, 0.29) is 42.6 Å². The molecule has 2 amide bonds. The largest absolute Gasteiger partial charge is 0.497 e. The van der Waals surface area contributed by atoms with Gasteiger partial charge in [0.15, 0.2) is 11.5 Å². The molecule has 5 rings (SSSR count). The van der Waals surface area contributed by atoms with Crippen LogP contribution in [-0.4, -0.2) is 63.6 Å². The van der Waals surface area contributed by atoms with Crippen molar-refractivity contribution in [3.8, 4) is 17.2 Å². The first kappa shape index (κ1) is 24.4. The Hall–Kier alpha value is -3.31. The lowest BCUT2D eigenvalue weighted by molar-refractivity contribution is -0.124. The molecule has 2 aromatic rings. The average Bonchev–Trinajstić information content (AvgIpc) is 3.59. The molecule has 0 unspecified atom stereocenters. The van der Waals surface area contributed by atoms with Crippen LogP contribution in [0.5, 0.6) is 17.2 Å². The van der Waals surface area contributed by atoms with Crippen LogP contribution < -0.4 is 24.8 Å². The Morgan fingerprint density at radius 3 is 2.36 bits per heavy atom. The number of ether oxygens (including phenoxy) is 3. The lowest BCUT2D eigenvalue weighted by atomic mass is 9.89. The zero-order chi connectivity index (χ0) is 25.3. The second-order valence-electron chi connectivity index (χ2n) is 9.22. The highest BCUT2D eigenvalue weighted by Gasteiger charge is 2.38. The highest BCUT2D eigenvalue weighted by Crippen LogP contribution is 2.33. The smallest absolute Gasteiger partial charge is 0.252 e. The highest BCUT2D eigenvalue weighted by molar-refractivity contribution is 7.89. The van der Waals surface area contributed by atoms with E-state index < -0.39 is 22.0 Å². The van der Waals surface area contributed by atoms with Crippen LogP contribution in [0.3, 0.4) is 0 Å². The Morgan fingerprint density at radius 2 is 1.69 bits per heavy atom. The quantitative estimate of drug-likeness (QED) is 0.550. The third-order valence-electron chi connectivity index (χ3n) is 6.79. The molecule has 11 heteroatoms. The number of sulfonamides is 1. The zero-order valence-electron chi connectivity index (χ0n) is 19.9. The second-order valence-corrected chi connectivity index (χ2v) is 11.2. The van der Waals surface area contributed by atoms with Crippen molar-refractivity contribution in [1.29, 1.82) is 0 Å². The fraction of sp³-hybridized carbons (Fsp3) is 0.440. The van der Waals surface area contributed by atoms with E-state index in [0.29, 0.717) is 35.7 Å². The highest BCUT2D eigenvalue weighted by atomic mass is 32.2. The Kier molecular flexibility index (Phi) is 6.76. The summed E-state index contributed by atoms with van der Waals surface area (Å²) in [5.41, 5.74) is 0.364. The van der Waals surface area contributed by atoms with Gasteiger partial charge in [0.2, 0.25) is 22.7 Å². The van der Waals surface area contributed by atoms with Crippen LogP contribution in [0.15, 0.2) is 47.4 Å². The molecule has 2 aromatic carbocycles. The van der Waals surface area contributed by atoms with Crippen molar-refractivity contribution in [2.24, 2.45) is 5.92 Å². The molecule has 0 spiro atoms. The standard InChI is InChI=1S/C25H29N3O7S/c1-33-19-5-7-20(8-6-19)36(31,32)28-12-10-16(11-13-28)23(25(30)26-18-3-4-18)27-24(29)17-2-9-21-22(14-17)35-15-34-21/h2,5-9,14,16,18,23H,3-4,10-13,15H2,1H3,(H,26,30)(H,27,29)/t23-/m0/s1. The first-order valence-corrected chi connectivity index (χ1v) is 13.4. The number of carbonyl (C=O) groups is 2. The Labute approximate surface area is 209 Å². The molecule has 2 aliphatic heterocycles. The summed E-state index contributed by atoms with van der Waals surface area (Å²) in [6.45, 7) is 0.614. The third kappa shape index (κ3) is 5.12. The van der Waals surface area contributed by atoms with Crippen LogP contribution in [0, 0.1) is 5.92 Å².